The van der Waals surface area contributed by atoms with Crippen LogP contribution >= 0.6 is 11.6 Å². The van der Waals surface area contributed by atoms with E-state index in [4.69, 9.17) is 21.1 Å². The zero-order valence-electron chi connectivity index (χ0n) is 16.9. The zero-order valence-corrected chi connectivity index (χ0v) is 17.7. The molecule has 2 amide bonds. The van der Waals surface area contributed by atoms with Crippen molar-refractivity contribution < 1.29 is 19.1 Å². The molecule has 1 aliphatic heterocycles. The largest absolute Gasteiger partial charge is 0.493 e. The van der Waals surface area contributed by atoms with Gasteiger partial charge in [0, 0.05) is 10.6 Å². The molecule has 0 unspecified atom stereocenters. The Hall–Kier alpha value is -3.12. The molecule has 4 atom stereocenters. The van der Waals surface area contributed by atoms with Gasteiger partial charge in [0.1, 0.15) is 6.61 Å². The number of fused-ring (bicyclic) bond motifs is 5. The number of hydrogen-bond donors (Lipinski definition) is 0. The van der Waals surface area contributed by atoms with Crippen LogP contribution in [0, 0.1) is 23.7 Å². The van der Waals surface area contributed by atoms with E-state index in [-0.39, 0.29) is 35.5 Å². The number of allylic oxidation sites excluding steroid dienone is 2. The third-order valence-corrected chi connectivity index (χ3v) is 6.67. The van der Waals surface area contributed by atoms with Crippen LogP contribution in [0.1, 0.15) is 17.5 Å². The molecule has 3 aliphatic rings. The summed E-state index contributed by atoms with van der Waals surface area (Å²) in [5.41, 5.74) is 1.57. The Kier molecular flexibility index (Phi) is 5.02. The number of rotatable bonds is 6. The van der Waals surface area contributed by atoms with Gasteiger partial charge in [-0.05, 0) is 48.1 Å². The molecule has 2 bridgehead atoms. The standard InChI is InChI=1S/C24H21ClN2O4/c1-30-20-10-14(6-9-19(20)31-13-17-4-2-3-5-18(17)25)12-26-27-23(28)21-15-7-8-16(11-15)22(21)24(27)29/h2-10,12,15-16,21-22H,11,13H2,1H3/b26-12-/t15-,16-,21-,22-/m0/s1. The van der Waals surface area contributed by atoms with Crippen molar-refractivity contribution in [2.45, 2.75) is 13.0 Å². The van der Waals surface area contributed by atoms with Crippen LogP contribution in [-0.4, -0.2) is 30.1 Å². The summed E-state index contributed by atoms with van der Waals surface area (Å²) in [6.07, 6.45) is 6.54. The molecule has 6 nitrogen and oxygen atoms in total. The fourth-order valence-corrected chi connectivity index (χ4v) is 4.97. The fraction of sp³-hybridized carbons (Fsp3) is 0.292. The monoisotopic (exact) mass is 436 g/mol. The van der Waals surface area contributed by atoms with E-state index in [1.165, 1.54) is 6.21 Å². The summed E-state index contributed by atoms with van der Waals surface area (Å²) in [4.78, 5) is 25.5. The number of hydrazone groups is 1. The molecule has 5 rings (SSSR count). The van der Waals surface area contributed by atoms with Crippen LogP contribution in [0.15, 0.2) is 59.7 Å². The van der Waals surface area contributed by atoms with Crippen molar-refractivity contribution in [3.05, 3.63) is 70.8 Å². The van der Waals surface area contributed by atoms with E-state index in [1.807, 2.05) is 24.3 Å². The highest BCUT2D eigenvalue weighted by Gasteiger charge is 2.59. The number of carbonyl (C=O) groups excluding carboxylic acids is 2. The van der Waals surface area contributed by atoms with Crippen molar-refractivity contribution in [2.75, 3.05) is 7.11 Å². The first kappa shape index (κ1) is 19.8. The molecule has 31 heavy (non-hydrogen) atoms. The number of ether oxygens (including phenoxy) is 2. The molecule has 2 fully saturated rings. The minimum Gasteiger partial charge on any atom is -0.493 e. The first-order valence-electron chi connectivity index (χ1n) is 10.2. The Balaban J connectivity index is 1.30. The summed E-state index contributed by atoms with van der Waals surface area (Å²) in [5, 5.41) is 5.89. The Morgan fingerprint density at radius 3 is 2.45 bits per heavy atom. The third kappa shape index (κ3) is 3.41. The maximum Gasteiger partial charge on any atom is 0.254 e. The molecule has 0 N–H and O–H groups in total. The lowest BCUT2D eigenvalue weighted by molar-refractivity contribution is -0.140. The number of halogens is 1. The predicted molar refractivity (Wildman–Crippen MR) is 116 cm³/mol. The van der Waals surface area contributed by atoms with Gasteiger partial charge < -0.3 is 9.47 Å². The smallest absolute Gasteiger partial charge is 0.254 e. The summed E-state index contributed by atoms with van der Waals surface area (Å²) in [7, 11) is 1.55. The molecule has 2 aromatic carbocycles. The Labute approximate surface area is 185 Å². The SMILES string of the molecule is COc1cc(/C=N\N2C(=O)[C@@H]3[C@@H](C2=O)[C@H]2C=C[C@H]3C2)ccc1OCc1ccccc1Cl. The van der Waals surface area contributed by atoms with Gasteiger partial charge in [-0.3, -0.25) is 9.59 Å². The summed E-state index contributed by atoms with van der Waals surface area (Å²) in [5.74, 6) is 0.510. The van der Waals surface area contributed by atoms with Crippen molar-refractivity contribution in [3.63, 3.8) is 0 Å². The topological polar surface area (TPSA) is 68.2 Å². The van der Waals surface area contributed by atoms with Gasteiger partial charge in [-0.1, -0.05) is 42.0 Å². The average molecular weight is 437 g/mol. The van der Waals surface area contributed by atoms with Gasteiger partial charge in [-0.2, -0.15) is 10.1 Å². The number of methoxy groups -OCH3 is 1. The van der Waals surface area contributed by atoms with E-state index in [1.54, 1.807) is 25.3 Å². The maximum atomic E-state index is 12.7. The quantitative estimate of drug-likeness (QED) is 0.389. The molecular weight excluding hydrogens is 416 g/mol. The van der Waals surface area contributed by atoms with Crippen LogP contribution in [0.5, 0.6) is 11.5 Å². The molecule has 2 aromatic rings. The van der Waals surface area contributed by atoms with Gasteiger partial charge in [0.2, 0.25) is 0 Å². The van der Waals surface area contributed by atoms with Gasteiger partial charge in [-0.25, -0.2) is 0 Å². The minimum absolute atomic E-state index is 0.168. The lowest BCUT2D eigenvalue weighted by Gasteiger charge is -2.13. The Morgan fingerprint density at radius 1 is 1.06 bits per heavy atom. The second kappa shape index (κ2) is 7.85. The van der Waals surface area contributed by atoms with Crippen LogP contribution in [0.3, 0.4) is 0 Å². The first-order chi connectivity index (χ1) is 15.1. The normalized spacial score (nSPS) is 26.2. The summed E-state index contributed by atoms with van der Waals surface area (Å²) in [6.45, 7) is 0.305. The highest BCUT2D eigenvalue weighted by Crippen LogP contribution is 2.52. The molecule has 0 spiro atoms. The van der Waals surface area contributed by atoms with Gasteiger partial charge in [0.25, 0.3) is 11.8 Å². The molecule has 7 heteroatoms. The van der Waals surface area contributed by atoms with Crippen molar-refractivity contribution >= 4 is 29.6 Å². The molecule has 1 saturated carbocycles. The number of nitrogens with zero attached hydrogens (tertiary/aromatic N) is 2. The Bertz CT molecular complexity index is 1080. The van der Waals surface area contributed by atoms with Crippen LogP contribution in [0.25, 0.3) is 0 Å². The summed E-state index contributed by atoms with van der Waals surface area (Å²) in [6, 6.07) is 12.8. The van der Waals surface area contributed by atoms with Crippen LogP contribution < -0.4 is 9.47 Å². The molecule has 2 aliphatic carbocycles. The number of amides is 2. The van der Waals surface area contributed by atoms with E-state index < -0.39 is 0 Å². The average Bonchev–Trinajstić information content (AvgIpc) is 3.46. The third-order valence-electron chi connectivity index (χ3n) is 6.30. The van der Waals surface area contributed by atoms with E-state index >= 15 is 0 Å². The molecular formula is C24H21ClN2O4. The van der Waals surface area contributed by atoms with Gasteiger partial charge in [0.05, 0.1) is 25.2 Å². The number of carbonyl (C=O) groups is 2. The van der Waals surface area contributed by atoms with Crippen LogP contribution in [0.2, 0.25) is 5.02 Å². The zero-order chi connectivity index (χ0) is 21.5. The van der Waals surface area contributed by atoms with E-state index in [2.05, 4.69) is 17.3 Å². The first-order valence-corrected chi connectivity index (χ1v) is 10.6. The second-order valence-electron chi connectivity index (χ2n) is 8.02. The molecule has 0 radical (unpaired) electrons. The predicted octanol–water partition coefficient (Wildman–Crippen LogP) is 4.07. The molecule has 158 valence electrons. The van der Waals surface area contributed by atoms with Crippen molar-refractivity contribution in [1.82, 2.24) is 5.01 Å². The fourth-order valence-electron chi connectivity index (χ4n) is 4.78. The highest BCUT2D eigenvalue weighted by molar-refractivity contribution is 6.31. The molecule has 1 heterocycles. The van der Waals surface area contributed by atoms with Gasteiger partial charge >= 0.3 is 0 Å². The van der Waals surface area contributed by atoms with Crippen LogP contribution in [0.4, 0.5) is 0 Å². The number of hydrogen-bond acceptors (Lipinski definition) is 5. The van der Waals surface area contributed by atoms with Gasteiger partial charge in [0.15, 0.2) is 11.5 Å². The lowest BCUT2D eigenvalue weighted by atomic mass is 9.85. The maximum absolute atomic E-state index is 12.7. The Morgan fingerprint density at radius 2 is 1.77 bits per heavy atom. The second-order valence-corrected chi connectivity index (χ2v) is 8.43. The van der Waals surface area contributed by atoms with Crippen LogP contribution in [-0.2, 0) is 16.2 Å². The highest BCUT2D eigenvalue weighted by atomic mass is 35.5. The lowest BCUT2D eigenvalue weighted by Crippen LogP contribution is -2.28. The van der Waals surface area contributed by atoms with E-state index in [9.17, 15) is 9.59 Å². The summed E-state index contributed by atoms with van der Waals surface area (Å²) < 4.78 is 11.3. The summed E-state index contributed by atoms with van der Waals surface area (Å²) >= 11 is 6.18. The van der Waals surface area contributed by atoms with E-state index in [0.29, 0.717) is 28.7 Å². The van der Waals surface area contributed by atoms with Crippen molar-refractivity contribution in [3.8, 4) is 11.5 Å². The van der Waals surface area contributed by atoms with Crippen molar-refractivity contribution in [1.29, 1.82) is 0 Å². The van der Waals surface area contributed by atoms with Crippen molar-refractivity contribution in [2.24, 2.45) is 28.8 Å². The van der Waals surface area contributed by atoms with Gasteiger partial charge in [-0.15, -0.1) is 0 Å². The molecule has 1 saturated heterocycles. The van der Waals surface area contributed by atoms with E-state index in [0.717, 1.165) is 17.0 Å². The number of imide groups is 1. The number of benzene rings is 2. The minimum atomic E-state index is -0.255. The molecule has 0 aromatic heterocycles.